The number of amides is 2. The zero-order chi connectivity index (χ0) is 15.6. The summed E-state index contributed by atoms with van der Waals surface area (Å²) < 4.78 is 26.8. The summed E-state index contributed by atoms with van der Waals surface area (Å²) in [6.07, 6.45) is 1.09. The first-order chi connectivity index (χ1) is 9.85. The molecule has 0 aromatic heterocycles. The molecule has 1 aliphatic rings. The lowest BCUT2D eigenvalue weighted by Crippen LogP contribution is -2.32. The number of hydrogen-bond acceptors (Lipinski definition) is 4. The maximum absolute atomic E-state index is 12.1. The van der Waals surface area contributed by atoms with Crippen molar-refractivity contribution in [1.29, 1.82) is 0 Å². The number of carbonyl (C=O) groups excluding carboxylic acids is 2. The molecule has 0 spiro atoms. The molecule has 1 N–H and O–H groups in total. The van der Waals surface area contributed by atoms with Crippen molar-refractivity contribution in [3.05, 3.63) is 24.3 Å². The highest BCUT2D eigenvalue weighted by Crippen LogP contribution is 2.24. The Morgan fingerprint density at radius 3 is 2.14 bits per heavy atom. The monoisotopic (exact) mass is 310 g/mol. The first-order valence-electron chi connectivity index (χ1n) is 6.83. The van der Waals surface area contributed by atoms with Gasteiger partial charge in [-0.2, -0.15) is 0 Å². The van der Waals surface area contributed by atoms with Crippen molar-refractivity contribution in [2.45, 2.75) is 44.0 Å². The number of sulfonamides is 1. The summed E-state index contributed by atoms with van der Waals surface area (Å²) in [7, 11) is -3.58. The summed E-state index contributed by atoms with van der Waals surface area (Å²) in [6, 6.07) is 5.60. The van der Waals surface area contributed by atoms with E-state index < -0.39 is 10.0 Å². The van der Waals surface area contributed by atoms with Crippen molar-refractivity contribution in [2.24, 2.45) is 0 Å². The van der Waals surface area contributed by atoms with Crippen LogP contribution in [0.4, 0.5) is 5.69 Å². The van der Waals surface area contributed by atoms with E-state index in [-0.39, 0.29) is 35.6 Å². The molecule has 0 bridgehead atoms. The van der Waals surface area contributed by atoms with E-state index in [0.29, 0.717) is 12.1 Å². The van der Waals surface area contributed by atoms with Crippen molar-refractivity contribution in [3.63, 3.8) is 0 Å². The van der Waals surface area contributed by atoms with Crippen LogP contribution >= 0.6 is 0 Å². The average Bonchev–Trinajstić information content (AvgIpc) is 2.78. The number of imide groups is 1. The molecule has 1 atom stereocenters. The third-order valence-corrected chi connectivity index (χ3v) is 5.03. The smallest absolute Gasteiger partial charge is 0.240 e. The Kier molecular flexibility index (Phi) is 4.43. The van der Waals surface area contributed by atoms with E-state index in [9.17, 15) is 18.0 Å². The molecular formula is C14H18N2O4S. The van der Waals surface area contributed by atoms with Gasteiger partial charge in [0.15, 0.2) is 0 Å². The van der Waals surface area contributed by atoms with Crippen LogP contribution in [0.2, 0.25) is 0 Å². The van der Waals surface area contributed by atoms with Gasteiger partial charge in [0.05, 0.1) is 10.6 Å². The zero-order valence-electron chi connectivity index (χ0n) is 12.0. The number of nitrogens with zero attached hydrogens (tertiary/aromatic N) is 1. The van der Waals surface area contributed by atoms with Gasteiger partial charge in [0.2, 0.25) is 21.8 Å². The second-order valence-corrected chi connectivity index (χ2v) is 6.76. The van der Waals surface area contributed by atoms with Crippen molar-refractivity contribution in [1.82, 2.24) is 4.72 Å². The van der Waals surface area contributed by atoms with Gasteiger partial charge in [-0.25, -0.2) is 13.1 Å². The molecule has 2 rings (SSSR count). The summed E-state index contributed by atoms with van der Waals surface area (Å²) in [5.74, 6) is -0.512. The molecule has 6 nitrogen and oxygen atoms in total. The SMILES string of the molecule is CC[C@@H](C)NS(=O)(=O)c1ccc(N2C(=O)CCC2=O)cc1. The second-order valence-electron chi connectivity index (χ2n) is 5.05. The molecule has 0 saturated carbocycles. The largest absolute Gasteiger partial charge is 0.274 e. The van der Waals surface area contributed by atoms with Gasteiger partial charge in [-0.15, -0.1) is 0 Å². The number of nitrogens with one attached hydrogen (secondary N) is 1. The fraction of sp³-hybridized carbons (Fsp3) is 0.429. The molecule has 1 fully saturated rings. The van der Waals surface area contributed by atoms with E-state index in [4.69, 9.17) is 0 Å². The summed E-state index contributed by atoms with van der Waals surface area (Å²) >= 11 is 0. The number of rotatable bonds is 5. The molecule has 1 aromatic carbocycles. The van der Waals surface area contributed by atoms with Crippen LogP contribution in [0.5, 0.6) is 0 Å². The molecule has 0 radical (unpaired) electrons. The van der Waals surface area contributed by atoms with Gasteiger partial charge in [-0.3, -0.25) is 14.5 Å². The molecular weight excluding hydrogens is 292 g/mol. The van der Waals surface area contributed by atoms with Crippen molar-refractivity contribution >= 4 is 27.5 Å². The minimum absolute atomic E-state index is 0.116. The van der Waals surface area contributed by atoms with Crippen LogP contribution in [-0.4, -0.2) is 26.3 Å². The van der Waals surface area contributed by atoms with Gasteiger partial charge in [-0.1, -0.05) is 6.92 Å². The molecule has 114 valence electrons. The highest BCUT2D eigenvalue weighted by molar-refractivity contribution is 7.89. The molecule has 1 saturated heterocycles. The molecule has 0 aliphatic carbocycles. The van der Waals surface area contributed by atoms with Crippen molar-refractivity contribution in [3.8, 4) is 0 Å². The third-order valence-electron chi connectivity index (χ3n) is 3.43. The number of benzene rings is 1. The van der Waals surface area contributed by atoms with E-state index in [0.717, 1.165) is 4.90 Å². The minimum atomic E-state index is -3.58. The lowest BCUT2D eigenvalue weighted by Gasteiger charge is -2.15. The molecule has 7 heteroatoms. The average molecular weight is 310 g/mol. The Bertz CT molecular complexity index is 636. The normalized spacial score (nSPS) is 17.3. The standard InChI is InChI=1S/C14H18N2O4S/c1-3-10(2)15-21(19,20)12-6-4-11(5-7-12)16-13(17)8-9-14(16)18/h4-7,10,15H,3,8-9H2,1-2H3/t10-/m1/s1. The summed E-state index contributed by atoms with van der Waals surface area (Å²) in [5, 5.41) is 0. The number of hydrogen-bond donors (Lipinski definition) is 1. The summed E-state index contributed by atoms with van der Waals surface area (Å²) in [4.78, 5) is 24.5. The minimum Gasteiger partial charge on any atom is -0.274 e. The van der Waals surface area contributed by atoms with Gasteiger partial charge in [0.25, 0.3) is 0 Å². The first-order valence-corrected chi connectivity index (χ1v) is 8.31. The van der Waals surface area contributed by atoms with Crippen LogP contribution in [0.15, 0.2) is 29.2 Å². The maximum Gasteiger partial charge on any atom is 0.240 e. The summed E-state index contributed by atoms with van der Waals surface area (Å²) in [6.45, 7) is 3.67. The molecule has 1 aliphatic heterocycles. The topological polar surface area (TPSA) is 83.6 Å². The third kappa shape index (κ3) is 3.30. The van der Waals surface area contributed by atoms with E-state index in [1.807, 2.05) is 6.92 Å². The van der Waals surface area contributed by atoms with Gasteiger partial charge in [0, 0.05) is 18.9 Å². The summed E-state index contributed by atoms with van der Waals surface area (Å²) in [5.41, 5.74) is 0.407. The van der Waals surface area contributed by atoms with E-state index in [1.165, 1.54) is 24.3 Å². The zero-order valence-corrected chi connectivity index (χ0v) is 12.8. The van der Waals surface area contributed by atoms with E-state index in [2.05, 4.69) is 4.72 Å². The molecule has 21 heavy (non-hydrogen) atoms. The predicted octanol–water partition coefficient (Wildman–Crippen LogP) is 1.42. The van der Waals surface area contributed by atoms with Gasteiger partial charge < -0.3 is 0 Å². The fourth-order valence-corrected chi connectivity index (χ4v) is 3.38. The molecule has 1 aromatic rings. The Hall–Kier alpha value is -1.73. The van der Waals surface area contributed by atoms with Crippen LogP contribution in [0.3, 0.4) is 0 Å². The number of carbonyl (C=O) groups is 2. The quantitative estimate of drug-likeness (QED) is 0.834. The number of anilines is 1. The highest BCUT2D eigenvalue weighted by atomic mass is 32.2. The second kappa shape index (κ2) is 5.95. The molecule has 2 amide bonds. The van der Waals surface area contributed by atoms with Crippen molar-refractivity contribution < 1.29 is 18.0 Å². The van der Waals surface area contributed by atoms with Crippen LogP contribution in [0.25, 0.3) is 0 Å². The van der Waals surface area contributed by atoms with Crippen LogP contribution < -0.4 is 9.62 Å². The fourth-order valence-electron chi connectivity index (χ4n) is 2.06. The van der Waals surface area contributed by atoms with Crippen LogP contribution in [0.1, 0.15) is 33.1 Å². The van der Waals surface area contributed by atoms with E-state index in [1.54, 1.807) is 6.92 Å². The predicted molar refractivity (Wildman–Crippen MR) is 78.2 cm³/mol. The molecule has 1 heterocycles. The van der Waals surface area contributed by atoms with Crippen molar-refractivity contribution in [2.75, 3.05) is 4.90 Å². The maximum atomic E-state index is 12.1. The first kappa shape index (κ1) is 15.7. The Labute approximate surface area is 124 Å². The lowest BCUT2D eigenvalue weighted by atomic mass is 10.3. The van der Waals surface area contributed by atoms with Gasteiger partial charge in [-0.05, 0) is 37.6 Å². The molecule has 0 unspecified atom stereocenters. The van der Waals surface area contributed by atoms with Crippen LogP contribution in [0, 0.1) is 0 Å². The lowest BCUT2D eigenvalue weighted by molar-refractivity contribution is -0.121. The van der Waals surface area contributed by atoms with Gasteiger partial charge in [0.1, 0.15) is 0 Å². The van der Waals surface area contributed by atoms with Gasteiger partial charge >= 0.3 is 0 Å². The highest BCUT2D eigenvalue weighted by Gasteiger charge is 2.30. The Morgan fingerprint density at radius 2 is 1.67 bits per heavy atom. The van der Waals surface area contributed by atoms with Crippen LogP contribution in [-0.2, 0) is 19.6 Å². The van der Waals surface area contributed by atoms with E-state index >= 15 is 0 Å². The Balaban J connectivity index is 2.23. The Morgan fingerprint density at radius 1 is 1.14 bits per heavy atom.